The van der Waals surface area contributed by atoms with Gasteiger partial charge in [0.2, 0.25) is 5.90 Å². The Bertz CT molecular complexity index is 861. The molecule has 2 heterocycles. The lowest BCUT2D eigenvalue weighted by molar-refractivity contribution is -0.129. The van der Waals surface area contributed by atoms with E-state index in [9.17, 15) is 4.79 Å². The molecule has 0 atom stereocenters. The predicted molar refractivity (Wildman–Crippen MR) is 92.1 cm³/mol. The molecule has 0 amide bonds. The predicted octanol–water partition coefficient (Wildman–Crippen LogP) is 3.21. The third-order valence-corrected chi connectivity index (χ3v) is 3.72. The highest BCUT2D eigenvalue weighted by atomic mass is 79.9. The molecule has 1 aromatic heterocycles. The molecule has 3 rings (SSSR count). The summed E-state index contributed by atoms with van der Waals surface area (Å²) in [6.45, 7) is 0. The lowest BCUT2D eigenvalue weighted by Gasteiger charge is -2.07. The normalized spacial score (nSPS) is 15.2. The molecule has 0 saturated carbocycles. The van der Waals surface area contributed by atoms with Crippen molar-refractivity contribution < 1.29 is 19.0 Å². The van der Waals surface area contributed by atoms with E-state index in [-0.39, 0.29) is 11.6 Å². The van der Waals surface area contributed by atoms with Crippen LogP contribution in [0.4, 0.5) is 0 Å². The van der Waals surface area contributed by atoms with E-state index in [2.05, 4.69) is 25.9 Å². The summed E-state index contributed by atoms with van der Waals surface area (Å²) in [5, 5.41) is 0. The summed E-state index contributed by atoms with van der Waals surface area (Å²) in [4.78, 5) is 20.3. The second kappa shape index (κ2) is 6.84. The number of pyridine rings is 1. The number of methoxy groups -OCH3 is 2. The fourth-order valence-corrected chi connectivity index (χ4v) is 2.53. The van der Waals surface area contributed by atoms with Crippen LogP contribution in [-0.2, 0) is 9.53 Å². The van der Waals surface area contributed by atoms with Crippen LogP contribution in [0.1, 0.15) is 11.1 Å². The summed E-state index contributed by atoms with van der Waals surface area (Å²) in [5.74, 6) is 0.886. The number of ether oxygens (including phenoxy) is 3. The van der Waals surface area contributed by atoms with E-state index in [1.165, 1.54) is 0 Å². The van der Waals surface area contributed by atoms with Crippen molar-refractivity contribution in [2.45, 2.75) is 0 Å². The number of cyclic esters (lactones) is 1. The number of carbonyl (C=O) groups is 1. The number of esters is 1. The lowest BCUT2D eigenvalue weighted by atomic mass is 10.1. The molecule has 0 spiro atoms. The van der Waals surface area contributed by atoms with E-state index >= 15 is 0 Å². The van der Waals surface area contributed by atoms with Gasteiger partial charge in [0.05, 0.1) is 19.8 Å². The number of rotatable bonds is 4. The van der Waals surface area contributed by atoms with Crippen molar-refractivity contribution in [2.24, 2.45) is 4.99 Å². The lowest BCUT2D eigenvalue weighted by Crippen LogP contribution is -2.05. The average molecular weight is 389 g/mol. The van der Waals surface area contributed by atoms with Gasteiger partial charge in [0.15, 0.2) is 17.2 Å². The Balaban J connectivity index is 1.94. The molecular formula is C17H13BrN2O4. The van der Waals surface area contributed by atoms with Gasteiger partial charge in [0.1, 0.15) is 0 Å². The summed E-state index contributed by atoms with van der Waals surface area (Å²) in [6.07, 6.45) is 4.85. The fourth-order valence-electron chi connectivity index (χ4n) is 2.16. The third-order valence-electron chi connectivity index (χ3n) is 3.28. The first-order valence-electron chi connectivity index (χ1n) is 6.96. The minimum absolute atomic E-state index is 0.206. The molecule has 24 heavy (non-hydrogen) atoms. The molecule has 0 fully saturated rings. The van der Waals surface area contributed by atoms with Crippen LogP contribution in [-0.4, -0.2) is 31.1 Å². The van der Waals surface area contributed by atoms with Gasteiger partial charge in [-0.05, 0) is 45.8 Å². The Morgan fingerprint density at radius 1 is 1.12 bits per heavy atom. The van der Waals surface area contributed by atoms with E-state index in [0.29, 0.717) is 17.1 Å². The van der Waals surface area contributed by atoms with Crippen LogP contribution in [0.3, 0.4) is 0 Å². The van der Waals surface area contributed by atoms with Gasteiger partial charge < -0.3 is 14.2 Å². The number of aliphatic imine (C=N–C) groups is 1. The molecule has 7 heteroatoms. The Hall–Kier alpha value is -2.67. The number of nitrogens with zero attached hydrogens (tertiary/aromatic N) is 2. The summed E-state index contributed by atoms with van der Waals surface area (Å²) >= 11 is 3.32. The molecule has 6 nitrogen and oxygen atoms in total. The SMILES string of the molecule is COc1ccc(C=C2N=C(c3cncc(Br)c3)OC2=O)cc1OC. The topological polar surface area (TPSA) is 70.0 Å². The first kappa shape index (κ1) is 16.2. The van der Waals surface area contributed by atoms with Crippen molar-refractivity contribution in [1.29, 1.82) is 0 Å². The summed E-state index contributed by atoms with van der Waals surface area (Å²) < 4.78 is 16.4. The van der Waals surface area contributed by atoms with Crippen LogP contribution in [0.15, 0.2) is 51.8 Å². The highest BCUT2D eigenvalue weighted by Crippen LogP contribution is 2.29. The van der Waals surface area contributed by atoms with Crippen LogP contribution in [0.5, 0.6) is 11.5 Å². The second-order valence-corrected chi connectivity index (χ2v) is 5.76. The molecule has 2 aromatic rings. The Morgan fingerprint density at radius 3 is 2.62 bits per heavy atom. The van der Waals surface area contributed by atoms with Crippen LogP contribution in [0.2, 0.25) is 0 Å². The van der Waals surface area contributed by atoms with Gasteiger partial charge in [-0.3, -0.25) is 4.98 Å². The number of halogens is 1. The first-order valence-corrected chi connectivity index (χ1v) is 7.75. The zero-order valence-corrected chi connectivity index (χ0v) is 14.5. The molecule has 0 unspecified atom stereocenters. The maximum absolute atomic E-state index is 12.0. The van der Waals surface area contributed by atoms with Gasteiger partial charge in [-0.25, -0.2) is 9.79 Å². The summed E-state index contributed by atoms with van der Waals surface area (Å²) in [6, 6.07) is 7.09. The number of benzene rings is 1. The smallest absolute Gasteiger partial charge is 0.363 e. The van der Waals surface area contributed by atoms with Gasteiger partial charge in [-0.15, -0.1) is 0 Å². The number of aromatic nitrogens is 1. The third kappa shape index (κ3) is 3.30. The molecule has 1 aromatic carbocycles. The van der Waals surface area contributed by atoms with Gasteiger partial charge >= 0.3 is 5.97 Å². The van der Waals surface area contributed by atoms with Gasteiger partial charge in [-0.2, -0.15) is 0 Å². The average Bonchev–Trinajstić information content (AvgIpc) is 2.95. The van der Waals surface area contributed by atoms with Crippen molar-refractivity contribution in [3.05, 3.63) is 58.0 Å². The highest BCUT2D eigenvalue weighted by Gasteiger charge is 2.24. The minimum atomic E-state index is -0.514. The molecule has 1 aliphatic rings. The first-order chi connectivity index (χ1) is 11.6. The molecule has 0 bridgehead atoms. The van der Waals surface area contributed by atoms with E-state index in [1.54, 1.807) is 57.0 Å². The molecule has 0 saturated heterocycles. The molecule has 0 aliphatic carbocycles. The Morgan fingerprint density at radius 2 is 1.92 bits per heavy atom. The van der Waals surface area contributed by atoms with Crippen LogP contribution < -0.4 is 9.47 Å². The van der Waals surface area contributed by atoms with Crippen molar-refractivity contribution in [3.63, 3.8) is 0 Å². The van der Waals surface area contributed by atoms with Gasteiger partial charge in [0, 0.05) is 16.9 Å². The standard InChI is InChI=1S/C17H13BrN2O4/c1-22-14-4-3-10(6-15(14)23-2)5-13-17(21)24-16(20-13)11-7-12(18)9-19-8-11/h3-9H,1-2H3. The minimum Gasteiger partial charge on any atom is -0.493 e. The van der Waals surface area contributed by atoms with Crippen molar-refractivity contribution in [1.82, 2.24) is 4.98 Å². The van der Waals surface area contributed by atoms with Crippen molar-refractivity contribution in [2.75, 3.05) is 14.2 Å². The van der Waals surface area contributed by atoms with E-state index in [1.807, 2.05) is 0 Å². The quantitative estimate of drug-likeness (QED) is 0.593. The van der Waals surface area contributed by atoms with Crippen LogP contribution in [0, 0.1) is 0 Å². The van der Waals surface area contributed by atoms with E-state index < -0.39 is 5.97 Å². The summed E-state index contributed by atoms with van der Waals surface area (Å²) in [5.41, 5.74) is 1.57. The second-order valence-electron chi connectivity index (χ2n) is 4.84. The monoisotopic (exact) mass is 388 g/mol. The van der Waals surface area contributed by atoms with Crippen molar-refractivity contribution in [3.8, 4) is 11.5 Å². The van der Waals surface area contributed by atoms with E-state index in [0.717, 1.165) is 10.0 Å². The number of carbonyl (C=O) groups excluding carboxylic acids is 1. The molecule has 0 N–H and O–H groups in total. The van der Waals surface area contributed by atoms with Crippen molar-refractivity contribution >= 4 is 33.9 Å². The molecule has 1 aliphatic heterocycles. The summed E-state index contributed by atoms with van der Waals surface area (Å²) in [7, 11) is 3.11. The Kier molecular flexibility index (Phi) is 4.61. The zero-order valence-electron chi connectivity index (χ0n) is 12.9. The maximum atomic E-state index is 12.0. The highest BCUT2D eigenvalue weighted by molar-refractivity contribution is 9.10. The fraction of sp³-hybridized carbons (Fsp3) is 0.118. The van der Waals surface area contributed by atoms with Gasteiger partial charge in [0.25, 0.3) is 0 Å². The van der Waals surface area contributed by atoms with E-state index in [4.69, 9.17) is 14.2 Å². The maximum Gasteiger partial charge on any atom is 0.363 e. The Labute approximate surface area is 146 Å². The van der Waals surface area contributed by atoms with Gasteiger partial charge in [-0.1, -0.05) is 6.07 Å². The zero-order chi connectivity index (χ0) is 17.1. The van der Waals surface area contributed by atoms with Crippen LogP contribution >= 0.6 is 15.9 Å². The number of hydrogen-bond acceptors (Lipinski definition) is 6. The molecule has 122 valence electrons. The number of hydrogen-bond donors (Lipinski definition) is 0. The molecular weight excluding hydrogens is 376 g/mol. The molecule has 0 radical (unpaired) electrons. The van der Waals surface area contributed by atoms with Crippen LogP contribution in [0.25, 0.3) is 6.08 Å². The largest absolute Gasteiger partial charge is 0.493 e.